The molecule has 1 amide bonds. The number of sulfonamides is 1. The molecule has 0 aliphatic heterocycles. The molecule has 27 heavy (non-hydrogen) atoms. The topological polar surface area (TPSA) is 97.2 Å². The molecule has 0 radical (unpaired) electrons. The second-order valence-electron chi connectivity index (χ2n) is 6.03. The van der Waals surface area contributed by atoms with E-state index in [0.29, 0.717) is 12.1 Å². The Morgan fingerprint density at radius 1 is 1.00 bits per heavy atom. The van der Waals surface area contributed by atoms with Crippen molar-refractivity contribution in [2.75, 3.05) is 14.1 Å². The predicted octanol–water partition coefficient (Wildman–Crippen LogP) is 1.45. The number of benzene rings is 2. The van der Waals surface area contributed by atoms with E-state index in [1.807, 2.05) is 0 Å². The zero-order chi connectivity index (χ0) is 19.4. The van der Waals surface area contributed by atoms with Gasteiger partial charge in [0.15, 0.2) is 0 Å². The van der Waals surface area contributed by atoms with E-state index in [1.54, 1.807) is 53.6 Å². The Labute approximate surface area is 157 Å². The average molecular weight is 385 g/mol. The first kappa shape index (κ1) is 18.7. The summed E-state index contributed by atoms with van der Waals surface area (Å²) in [6, 6.07) is 13.5. The molecular weight excluding hydrogens is 366 g/mol. The first-order chi connectivity index (χ1) is 12.9. The number of nitrogens with one attached hydrogen (secondary N) is 1. The van der Waals surface area contributed by atoms with Gasteiger partial charge in [0.25, 0.3) is 5.91 Å². The van der Waals surface area contributed by atoms with E-state index in [1.165, 1.54) is 26.2 Å². The number of carbonyl (C=O) groups excluding carboxylic acids is 1. The van der Waals surface area contributed by atoms with Crippen molar-refractivity contribution in [2.24, 2.45) is 0 Å². The van der Waals surface area contributed by atoms with Crippen molar-refractivity contribution in [3.05, 3.63) is 72.3 Å². The van der Waals surface area contributed by atoms with Gasteiger partial charge in [0.05, 0.1) is 4.90 Å². The number of rotatable bonds is 6. The Morgan fingerprint density at radius 2 is 1.59 bits per heavy atom. The second-order valence-corrected chi connectivity index (χ2v) is 8.18. The molecular formula is C18H19N5O3S. The molecule has 0 aliphatic rings. The van der Waals surface area contributed by atoms with Crippen LogP contribution in [0.1, 0.15) is 15.9 Å². The molecule has 3 rings (SSSR count). The van der Waals surface area contributed by atoms with Crippen LogP contribution >= 0.6 is 0 Å². The molecule has 9 heteroatoms. The van der Waals surface area contributed by atoms with Gasteiger partial charge in [-0.1, -0.05) is 12.1 Å². The minimum Gasteiger partial charge on any atom is -0.348 e. The molecule has 2 aromatic carbocycles. The first-order valence-electron chi connectivity index (χ1n) is 8.12. The Kier molecular flexibility index (Phi) is 5.33. The average Bonchev–Trinajstić information content (AvgIpc) is 3.21. The van der Waals surface area contributed by atoms with Crippen molar-refractivity contribution in [1.29, 1.82) is 0 Å². The molecule has 0 fully saturated rings. The molecule has 1 aromatic heterocycles. The zero-order valence-corrected chi connectivity index (χ0v) is 15.7. The summed E-state index contributed by atoms with van der Waals surface area (Å²) in [6.07, 6.45) is 3.16. The van der Waals surface area contributed by atoms with Gasteiger partial charge >= 0.3 is 0 Å². The van der Waals surface area contributed by atoms with Crippen molar-refractivity contribution in [3.8, 4) is 5.69 Å². The molecule has 0 saturated heterocycles. The maximum absolute atomic E-state index is 12.3. The van der Waals surface area contributed by atoms with Crippen LogP contribution in [-0.4, -0.2) is 47.5 Å². The van der Waals surface area contributed by atoms with Crippen molar-refractivity contribution < 1.29 is 13.2 Å². The molecule has 3 aromatic rings. The van der Waals surface area contributed by atoms with E-state index in [2.05, 4.69) is 15.5 Å². The van der Waals surface area contributed by atoms with Crippen LogP contribution in [0.3, 0.4) is 0 Å². The van der Waals surface area contributed by atoms with Gasteiger partial charge < -0.3 is 5.32 Å². The highest BCUT2D eigenvalue weighted by atomic mass is 32.2. The molecule has 0 aliphatic carbocycles. The summed E-state index contributed by atoms with van der Waals surface area (Å²) in [5.41, 5.74) is 2.19. The number of carbonyl (C=O) groups is 1. The van der Waals surface area contributed by atoms with Crippen LogP contribution < -0.4 is 5.32 Å². The summed E-state index contributed by atoms with van der Waals surface area (Å²) in [4.78, 5) is 12.5. The number of aromatic nitrogens is 3. The van der Waals surface area contributed by atoms with Crippen molar-refractivity contribution in [1.82, 2.24) is 24.4 Å². The van der Waals surface area contributed by atoms with Gasteiger partial charge in [-0.05, 0) is 42.0 Å². The highest BCUT2D eigenvalue weighted by Gasteiger charge is 2.16. The summed E-state index contributed by atoms with van der Waals surface area (Å²) in [7, 11) is -0.487. The van der Waals surface area contributed by atoms with Crippen LogP contribution in [0.15, 0.2) is 66.1 Å². The van der Waals surface area contributed by atoms with E-state index < -0.39 is 10.0 Å². The Hall–Kier alpha value is -3.04. The van der Waals surface area contributed by atoms with Gasteiger partial charge in [0.2, 0.25) is 10.0 Å². The highest BCUT2D eigenvalue weighted by molar-refractivity contribution is 7.89. The van der Waals surface area contributed by atoms with Gasteiger partial charge in [-0.3, -0.25) is 9.36 Å². The largest absolute Gasteiger partial charge is 0.348 e. The molecule has 1 heterocycles. The fraction of sp³-hybridized carbons (Fsp3) is 0.167. The van der Waals surface area contributed by atoms with Gasteiger partial charge in [-0.2, -0.15) is 0 Å². The van der Waals surface area contributed by atoms with Gasteiger partial charge in [0.1, 0.15) is 12.7 Å². The quantitative estimate of drug-likeness (QED) is 0.693. The minimum absolute atomic E-state index is 0.213. The summed E-state index contributed by atoms with van der Waals surface area (Å²) >= 11 is 0. The maximum Gasteiger partial charge on any atom is 0.251 e. The minimum atomic E-state index is -3.46. The third-order valence-electron chi connectivity index (χ3n) is 4.00. The van der Waals surface area contributed by atoms with E-state index in [0.717, 1.165) is 15.6 Å². The smallest absolute Gasteiger partial charge is 0.251 e. The third-order valence-corrected chi connectivity index (χ3v) is 5.83. The van der Waals surface area contributed by atoms with Crippen LogP contribution in [0.25, 0.3) is 5.69 Å². The first-order valence-corrected chi connectivity index (χ1v) is 9.56. The standard InChI is InChI=1S/C18H19N5O3S/c1-22(2)27(25,26)17-9-3-14(4-10-17)11-19-18(24)15-5-7-16(8-6-15)23-12-20-21-13-23/h3-10,12-13H,11H2,1-2H3,(H,19,24). The van der Waals surface area contributed by atoms with E-state index >= 15 is 0 Å². The van der Waals surface area contributed by atoms with E-state index in [4.69, 9.17) is 0 Å². The number of amides is 1. The SMILES string of the molecule is CN(C)S(=O)(=O)c1ccc(CNC(=O)c2ccc(-n3cnnc3)cc2)cc1. The molecule has 0 unspecified atom stereocenters. The van der Waals surface area contributed by atoms with Crippen LogP contribution in [0.5, 0.6) is 0 Å². The fourth-order valence-electron chi connectivity index (χ4n) is 2.39. The van der Waals surface area contributed by atoms with Gasteiger partial charge in [-0.25, -0.2) is 12.7 Å². The summed E-state index contributed by atoms with van der Waals surface area (Å²) in [6.45, 7) is 0.300. The fourth-order valence-corrected chi connectivity index (χ4v) is 3.30. The lowest BCUT2D eigenvalue weighted by Crippen LogP contribution is -2.23. The molecule has 1 N–H and O–H groups in total. The molecule has 0 bridgehead atoms. The number of hydrogen-bond acceptors (Lipinski definition) is 5. The predicted molar refractivity (Wildman–Crippen MR) is 99.8 cm³/mol. The maximum atomic E-state index is 12.3. The molecule has 0 spiro atoms. The normalized spacial score (nSPS) is 11.5. The summed E-state index contributed by atoms with van der Waals surface area (Å²) in [5, 5.41) is 10.3. The van der Waals surface area contributed by atoms with E-state index in [-0.39, 0.29) is 10.8 Å². The monoisotopic (exact) mass is 385 g/mol. The van der Waals surface area contributed by atoms with Gasteiger partial charge in [-0.15, -0.1) is 10.2 Å². The van der Waals surface area contributed by atoms with Crippen LogP contribution in [0.4, 0.5) is 0 Å². The van der Waals surface area contributed by atoms with Crippen LogP contribution in [0, 0.1) is 0 Å². The summed E-state index contributed by atoms with van der Waals surface area (Å²) in [5.74, 6) is -0.213. The number of nitrogens with zero attached hydrogens (tertiary/aromatic N) is 4. The van der Waals surface area contributed by atoms with Crippen molar-refractivity contribution in [3.63, 3.8) is 0 Å². The lowest BCUT2D eigenvalue weighted by molar-refractivity contribution is 0.0951. The van der Waals surface area contributed by atoms with Crippen LogP contribution in [-0.2, 0) is 16.6 Å². The van der Waals surface area contributed by atoms with Crippen LogP contribution in [0.2, 0.25) is 0 Å². The third kappa shape index (κ3) is 4.21. The lowest BCUT2D eigenvalue weighted by atomic mass is 10.1. The molecule has 140 valence electrons. The Morgan fingerprint density at radius 3 is 2.15 bits per heavy atom. The Bertz CT molecular complexity index is 1010. The van der Waals surface area contributed by atoms with Crippen molar-refractivity contribution in [2.45, 2.75) is 11.4 Å². The molecule has 0 atom stereocenters. The highest BCUT2D eigenvalue weighted by Crippen LogP contribution is 2.14. The van der Waals surface area contributed by atoms with E-state index in [9.17, 15) is 13.2 Å². The molecule has 8 nitrogen and oxygen atoms in total. The Balaban J connectivity index is 1.62. The molecule has 0 saturated carbocycles. The lowest BCUT2D eigenvalue weighted by Gasteiger charge is -2.12. The summed E-state index contributed by atoms with van der Waals surface area (Å²) < 4.78 is 27.0. The zero-order valence-electron chi connectivity index (χ0n) is 14.9. The second kappa shape index (κ2) is 7.68. The van der Waals surface area contributed by atoms with Crippen molar-refractivity contribution >= 4 is 15.9 Å². The number of hydrogen-bond donors (Lipinski definition) is 1. The van der Waals surface area contributed by atoms with Gasteiger partial charge in [0, 0.05) is 31.9 Å².